The van der Waals surface area contributed by atoms with Gasteiger partial charge in [-0.2, -0.15) is 4.98 Å². The monoisotopic (exact) mass is 491 g/mol. The van der Waals surface area contributed by atoms with E-state index in [1.807, 2.05) is 18.2 Å². The topological polar surface area (TPSA) is 97.8 Å². The van der Waals surface area contributed by atoms with Crippen LogP contribution in [0.25, 0.3) is 0 Å². The van der Waals surface area contributed by atoms with Crippen molar-refractivity contribution < 1.29 is 19.0 Å². The molecule has 0 unspecified atom stereocenters. The number of nitrogens with zero attached hydrogens (tertiary/aromatic N) is 3. The molecule has 2 aromatic carbocycles. The lowest BCUT2D eigenvalue weighted by molar-refractivity contribution is -0.125. The number of carbonyl (C=O) groups excluding carboxylic acids is 1. The zero-order chi connectivity index (χ0) is 25.5. The number of piperidine rings is 1. The largest absolute Gasteiger partial charge is 0.493 e. The van der Waals surface area contributed by atoms with Crippen molar-refractivity contribution in [2.24, 2.45) is 5.92 Å². The van der Waals surface area contributed by atoms with Gasteiger partial charge in [-0.15, -0.1) is 0 Å². The summed E-state index contributed by atoms with van der Waals surface area (Å²) in [5.41, 5.74) is 2.99. The number of rotatable bonds is 9. The molecule has 3 aromatic rings. The van der Waals surface area contributed by atoms with Crippen LogP contribution in [0, 0.1) is 12.8 Å². The van der Waals surface area contributed by atoms with Gasteiger partial charge in [-0.3, -0.25) is 4.79 Å². The third-order valence-corrected chi connectivity index (χ3v) is 6.23. The normalized spacial score (nSPS) is 15.2. The van der Waals surface area contributed by atoms with Crippen molar-refractivity contribution in [2.75, 3.05) is 44.6 Å². The summed E-state index contributed by atoms with van der Waals surface area (Å²) in [5.74, 6) is 2.78. The Morgan fingerprint density at radius 1 is 1.08 bits per heavy atom. The number of nitrogens with one attached hydrogen (secondary N) is 2. The first-order valence-corrected chi connectivity index (χ1v) is 12.0. The second kappa shape index (κ2) is 11.6. The summed E-state index contributed by atoms with van der Waals surface area (Å²) in [6.45, 7) is 4.03. The summed E-state index contributed by atoms with van der Waals surface area (Å²) >= 11 is 0. The molecular formula is C27H33N5O4. The SMILES string of the molecule is COc1cc(Nc2nccc(N3CCC[C@H](C(=O)NCc4cccc(C)c4)C3)n2)cc(OC)c1OC. The van der Waals surface area contributed by atoms with E-state index in [-0.39, 0.29) is 11.8 Å². The van der Waals surface area contributed by atoms with E-state index in [4.69, 9.17) is 19.2 Å². The van der Waals surface area contributed by atoms with Gasteiger partial charge in [-0.05, 0) is 31.4 Å². The highest BCUT2D eigenvalue weighted by Crippen LogP contribution is 2.40. The number of ether oxygens (including phenoxy) is 3. The van der Waals surface area contributed by atoms with Gasteiger partial charge in [0.15, 0.2) is 11.5 Å². The molecule has 0 saturated carbocycles. The zero-order valence-electron chi connectivity index (χ0n) is 21.2. The Bertz CT molecular complexity index is 1180. The average Bonchev–Trinajstić information content (AvgIpc) is 2.91. The summed E-state index contributed by atoms with van der Waals surface area (Å²) < 4.78 is 16.3. The minimum absolute atomic E-state index is 0.0750. The second-order valence-electron chi connectivity index (χ2n) is 8.77. The van der Waals surface area contributed by atoms with Crippen molar-refractivity contribution in [3.8, 4) is 17.2 Å². The van der Waals surface area contributed by atoms with Crippen LogP contribution in [0.2, 0.25) is 0 Å². The summed E-state index contributed by atoms with van der Waals surface area (Å²) in [5, 5.41) is 6.32. The predicted molar refractivity (Wildman–Crippen MR) is 139 cm³/mol. The zero-order valence-corrected chi connectivity index (χ0v) is 21.2. The van der Waals surface area contributed by atoms with Gasteiger partial charge < -0.3 is 29.7 Å². The van der Waals surface area contributed by atoms with Crippen molar-refractivity contribution in [3.05, 3.63) is 59.8 Å². The molecule has 190 valence electrons. The van der Waals surface area contributed by atoms with Crippen molar-refractivity contribution in [2.45, 2.75) is 26.3 Å². The van der Waals surface area contributed by atoms with Crippen LogP contribution >= 0.6 is 0 Å². The highest BCUT2D eigenvalue weighted by atomic mass is 16.5. The van der Waals surface area contributed by atoms with E-state index < -0.39 is 0 Å². The van der Waals surface area contributed by atoms with Crippen LogP contribution < -0.4 is 29.7 Å². The molecule has 1 saturated heterocycles. The van der Waals surface area contributed by atoms with Crippen LogP contribution in [-0.2, 0) is 11.3 Å². The average molecular weight is 492 g/mol. The Morgan fingerprint density at radius 3 is 2.56 bits per heavy atom. The maximum Gasteiger partial charge on any atom is 0.229 e. The van der Waals surface area contributed by atoms with Crippen LogP contribution in [-0.4, -0.2) is 50.3 Å². The number of hydrogen-bond acceptors (Lipinski definition) is 8. The smallest absolute Gasteiger partial charge is 0.229 e. The minimum Gasteiger partial charge on any atom is -0.493 e. The quantitative estimate of drug-likeness (QED) is 0.462. The van der Waals surface area contributed by atoms with Gasteiger partial charge in [0.1, 0.15) is 5.82 Å². The standard InChI is InChI=1S/C27H33N5O4/c1-18-7-5-8-19(13-18)16-29-26(33)20-9-6-12-32(17-20)24-10-11-28-27(31-24)30-21-14-22(34-2)25(36-4)23(15-21)35-3/h5,7-8,10-11,13-15,20H,6,9,12,16-17H2,1-4H3,(H,29,33)(H,28,30,31)/t20-/m0/s1. The molecular weight excluding hydrogens is 458 g/mol. The van der Waals surface area contributed by atoms with Crippen LogP contribution in [0.5, 0.6) is 17.2 Å². The molecule has 1 aliphatic heterocycles. The molecule has 1 fully saturated rings. The van der Waals surface area contributed by atoms with Crippen molar-refractivity contribution >= 4 is 23.4 Å². The summed E-state index contributed by atoms with van der Waals surface area (Å²) in [6, 6.07) is 13.7. The Labute approximate surface area is 211 Å². The molecule has 0 spiro atoms. The summed E-state index contributed by atoms with van der Waals surface area (Å²) in [7, 11) is 4.71. The van der Waals surface area contributed by atoms with E-state index in [0.29, 0.717) is 42.0 Å². The molecule has 1 amide bonds. The molecule has 9 nitrogen and oxygen atoms in total. The highest BCUT2D eigenvalue weighted by Gasteiger charge is 2.26. The van der Waals surface area contributed by atoms with Gasteiger partial charge in [0.25, 0.3) is 0 Å². The van der Waals surface area contributed by atoms with E-state index in [0.717, 1.165) is 30.8 Å². The first-order chi connectivity index (χ1) is 17.5. The third kappa shape index (κ3) is 5.97. The third-order valence-electron chi connectivity index (χ3n) is 6.23. The highest BCUT2D eigenvalue weighted by molar-refractivity contribution is 5.79. The second-order valence-corrected chi connectivity index (χ2v) is 8.77. The molecule has 2 N–H and O–H groups in total. The Balaban J connectivity index is 1.43. The van der Waals surface area contributed by atoms with Gasteiger partial charge in [-0.1, -0.05) is 29.8 Å². The fourth-order valence-electron chi connectivity index (χ4n) is 4.42. The molecule has 9 heteroatoms. The van der Waals surface area contributed by atoms with Gasteiger partial charge in [0.05, 0.1) is 27.2 Å². The molecule has 2 heterocycles. The van der Waals surface area contributed by atoms with Gasteiger partial charge in [-0.25, -0.2) is 4.98 Å². The van der Waals surface area contributed by atoms with Crippen molar-refractivity contribution in [1.82, 2.24) is 15.3 Å². The van der Waals surface area contributed by atoms with E-state index in [1.54, 1.807) is 39.7 Å². The van der Waals surface area contributed by atoms with E-state index >= 15 is 0 Å². The number of hydrogen-bond donors (Lipinski definition) is 2. The molecule has 0 aliphatic carbocycles. The molecule has 0 bridgehead atoms. The van der Waals surface area contributed by atoms with E-state index in [1.165, 1.54) is 5.56 Å². The lowest BCUT2D eigenvalue weighted by Crippen LogP contribution is -2.43. The summed E-state index contributed by atoms with van der Waals surface area (Å²) in [4.78, 5) is 24.1. The van der Waals surface area contributed by atoms with Crippen molar-refractivity contribution in [3.63, 3.8) is 0 Å². The van der Waals surface area contributed by atoms with E-state index in [9.17, 15) is 4.79 Å². The van der Waals surface area contributed by atoms with Gasteiger partial charge >= 0.3 is 0 Å². The summed E-state index contributed by atoms with van der Waals surface area (Å²) in [6.07, 6.45) is 3.49. The number of benzene rings is 2. The number of carbonyl (C=O) groups is 1. The lowest BCUT2D eigenvalue weighted by Gasteiger charge is -2.33. The maximum atomic E-state index is 12.9. The lowest BCUT2D eigenvalue weighted by atomic mass is 9.97. The molecule has 1 atom stereocenters. The molecule has 0 radical (unpaired) electrons. The first-order valence-electron chi connectivity index (χ1n) is 12.0. The van der Waals surface area contributed by atoms with Crippen molar-refractivity contribution in [1.29, 1.82) is 0 Å². The maximum absolute atomic E-state index is 12.9. The fraction of sp³-hybridized carbons (Fsp3) is 0.370. The number of anilines is 3. The number of aromatic nitrogens is 2. The number of methoxy groups -OCH3 is 3. The molecule has 1 aliphatic rings. The Kier molecular flexibility index (Phi) is 8.10. The van der Waals surface area contributed by atoms with Crippen LogP contribution in [0.4, 0.5) is 17.5 Å². The Morgan fingerprint density at radius 2 is 1.86 bits per heavy atom. The van der Waals surface area contributed by atoms with Crippen LogP contribution in [0.15, 0.2) is 48.7 Å². The van der Waals surface area contributed by atoms with Crippen LogP contribution in [0.3, 0.4) is 0 Å². The minimum atomic E-state index is -0.0926. The molecule has 36 heavy (non-hydrogen) atoms. The fourth-order valence-corrected chi connectivity index (χ4v) is 4.42. The molecule has 1 aromatic heterocycles. The predicted octanol–water partition coefficient (Wildman–Crippen LogP) is 4.09. The van der Waals surface area contributed by atoms with Gasteiger partial charge in [0.2, 0.25) is 17.6 Å². The number of amides is 1. The molecule has 4 rings (SSSR count). The number of aryl methyl sites for hydroxylation is 1. The van der Waals surface area contributed by atoms with Crippen LogP contribution in [0.1, 0.15) is 24.0 Å². The van der Waals surface area contributed by atoms with E-state index in [2.05, 4.69) is 39.6 Å². The van der Waals surface area contributed by atoms with Gasteiger partial charge in [0, 0.05) is 43.7 Å². The Hall–Kier alpha value is -4.01. The first kappa shape index (κ1) is 25.1.